The minimum absolute atomic E-state index is 0.994. The van der Waals surface area contributed by atoms with Gasteiger partial charge in [-0.2, -0.15) is 0 Å². The van der Waals surface area contributed by atoms with E-state index in [0.29, 0.717) is 0 Å². The molecule has 4 heteroatoms. The Morgan fingerprint density at radius 1 is 1.08 bits per heavy atom. The molecule has 0 unspecified atom stereocenters. The molecule has 3 heterocycles. The second-order valence-electron chi connectivity index (χ2n) is 6.83. The van der Waals surface area contributed by atoms with Gasteiger partial charge in [-0.15, -0.1) is 0 Å². The number of hydrogen-bond acceptors (Lipinski definition) is 3. The Balaban J connectivity index is 1.54. The number of nitrogens with one attached hydrogen (secondary N) is 1. The van der Waals surface area contributed by atoms with Gasteiger partial charge in [0.25, 0.3) is 0 Å². The van der Waals surface area contributed by atoms with Crippen molar-refractivity contribution in [3.8, 4) is 11.3 Å². The van der Waals surface area contributed by atoms with Crippen molar-refractivity contribution in [1.29, 1.82) is 0 Å². The summed E-state index contributed by atoms with van der Waals surface area (Å²) in [5, 5.41) is 1.24. The quantitative estimate of drug-likeness (QED) is 0.804. The highest BCUT2D eigenvalue weighted by molar-refractivity contribution is 5.96. The number of piperazine rings is 1. The summed E-state index contributed by atoms with van der Waals surface area (Å²) in [5.74, 6) is 0. The van der Waals surface area contributed by atoms with E-state index in [4.69, 9.17) is 4.98 Å². The largest absolute Gasteiger partial charge is 0.360 e. The first-order valence-electron chi connectivity index (χ1n) is 8.63. The lowest BCUT2D eigenvalue weighted by Gasteiger charge is -2.32. The number of nitrogens with zero attached hydrogens (tertiary/aromatic N) is 3. The van der Waals surface area contributed by atoms with Crippen LogP contribution in [0.25, 0.3) is 22.2 Å². The summed E-state index contributed by atoms with van der Waals surface area (Å²) >= 11 is 0. The molecular formula is C20H24N4. The zero-order chi connectivity index (χ0) is 16.5. The van der Waals surface area contributed by atoms with Crippen LogP contribution in [0.2, 0.25) is 0 Å². The Labute approximate surface area is 143 Å². The van der Waals surface area contributed by atoms with Crippen LogP contribution in [0, 0.1) is 6.92 Å². The lowest BCUT2D eigenvalue weighted by molar-refractivity contribution is 0.148. The molecule has 0 saturated carbocycles. The number of aromatic nitrogens is 2. The third-order valence-electron chi connectivity index (χ3n) is 5.03. The fraction of sp³-hybridized carbons (Fsp3) is 0.350. The number of H-pyrrole nitrogens is 1. The van der Waals surface area contributed by atoms with Crippen LogP contribution in [-0.2, 0) is 6.54 Å². The van der Waals surface area contributed by atoms with Crippen LogP contribution in [0.5, 0.6) is 0 Å². The molecule has 0 bridgehead atoms. The van der Waals surface area contributed by atoms with Gasteiger partial charge in [0.2, 0.25) is 0 Å². The van der Waals surface area contributed by atoms with E-state index in [2.05, 4.69) is 65.3 Å². The van der Waals surface area contributed by atoms with Crippen LogP contribution >= 0.6 is 0 Å². The highest BCUT2D eigenvalue weighted by Gasteiger charge is 2.14. The Morgan fingerprint density at radius 2 is 1.92 bits per heavy atom. The van der Waals surface area contributed by atoms with Crippen molar-refractivity contribution in [1.82, 2.24) is 19.8 Å². The van der Waals surface area contributed by atoms with E-state index in [9.17, 15) is 0 Å². The number of aryl methyl sites for hydroxylation is 1. The molecule has 0 radical (unpaired) electrons. The number of aromatic amines is 1. The normalized spacial score (nSPS) is 16.8. The molecule has 0 amide bonds. The van der Waals surface area contributed by atoms with Gasteiger partial charge >= 0.3 is 0 Å². The number of fused-ring (bicyclic) bond motifs is 1. The lowest BCUT2D eigenvalue weighted by Crippen LogP contribution is -2.43. The van der Waals surface area contributed by atoms with E-state index in [1.165, 1.54) is 27.6 Å². The fourth-order valence-electron chi connectivity index (χ4n) is 3.46. The van der Waals surface area contributed by atoms with Gasteiger partial charge in [0.05, 0.1) is 5.69 Å². The van der Waals surface area contributed by atoms with E-state index in [1.54, 1.807) is 0 Å². The summed E-state index contributed by atoms with van der Waals surface area (Å²) in [4.78, 5) is 13.0. The highest BCUT2D eigenvalue weighted by Crippen LogP contribution is 2.28. The molecule has 1 fully saturated rings. The molecule has 1 saturated heterocycles. The van der Waals surface area contributed by atoms with Gasteiger partial charge in [-0.3, -0.25) is 9.88 Å². The van der Waals surface area contributed by atoms with Gasteiger partial charge in [-0.1, -0.05) is 24.3 Å². The van der Waals surface area contributed by atoms with Crippen molar-refractivity contribution < 1.29 is 0 Å². The minimum Gasteiger partial charge on any atom is -0.360 e. The molecule has 124 valence electrons. The molecule has 2 aromatic heterocycles. The van der Waals surface area contributed by atoms with Crippen LogP contribution in [0.1, 0.15) is 11.1 Å². The molecule has 0 aliphatic carbocycles. The number of pyridine rings is 1. The smallest absolute Gasteiger partial charge is 0.0723 e. The van der Waals surface area contributed by atoms with Crippen LogP contribution in [0.15, 0.2) is 42.7 Å². The Kier molecular flexibility index (Phi) is 4.08. The first-order valence-corrected chi connectivity index (χ1v) is 8.63. The molecule has 1 aromatic carbocycles. The van der Waals surface area contributed by atoms with E-state index >= 15 is 0 Å². The fourth-order valence-corrected chi connectivity index (χ4v) is 3.46. The highest BCUT2D eigenvalue weighted by atomic mass is 15.2. The molecule has 1 aliphatic rings. The molecule has 1 aliphatic heterocycles. The number of hydrogen-bond donors (Lipinski definition) is 1. The number of rotatable bonds is 3. The molecular weight excluding hydrogens is 296 g/mol. The summed E-state index contributed by atoms with van der Waals surface area (Å²) < 4.78 is 0. The summed E-state index contributed by atoms with van der Waals surface area (Å²) in [5.41, 5.74) is 5.98. The average Bonchev–Trinajstić information content (AvgIpc) is 3.03. The SMILES string of the molecule is Cc1cccc2c(-c3ccc(CN4CCN(C)CC4)cn3)c[nH]c12. The predicted octanol–water partition coefficient (Wildman–Crippen LogP) is 3.29. The van der Waals surface area contributed by atoms with Gasteiger partial charge in [-0.25, -0.2) is 0 Å². The molecule has 3 aromatic rings. The maximum atomic E-state index is 4.72. The third kappa shape index (κ3) is 2.95. The first kappa shape index (κ1) is 15.4. The molecule has 0 spiro atoms. The predicted molar refractivity (Wildman–Crippen MR) is 99.0 cm³/mol. The van der Waals surface area contributed by atoms with E-state index in [-0.39, 0.29) is 0 Å². The zero-order valence-electron chi connectivity index (χ0n) is 14.4. The zero-order valence-corrected chi connectivity index (χ0v) is 14.4. The van der Waals surface area contributed by atoms with Gasteiger partial charge in [0, 0.05) is 61.6 Å². The van der Waals surface area contributed by atoms with Crippen molar-refractivity contribution in [2.45, 2.75) is 13.5 Å². The monoisotopic (exact) mass is 320 g/mol. The molecule has 4 nitrogen and oxygen atoms in total. The van der Waals surface area contributed by atoms with E-state index < -0.39 is 0 Å². The van der Waals surface area contributed by atoms with Crippen molar-refractivity contribution in [3.05, 3.63) is 53.9 Å². The van der Waals surface area contributed by atoms with Crippen LogP contribution < -0.4 is 0 Å². The summed E-state index contributed by atoms with van der Waals surface area (Å²) in [6.07, 6.45) is 4.10. The lowest BCUT2D eigenvalue weighted by atomic mass is 10.1. The number of para-hydroxylation sites is 1. The molecule has 24 heavy (non-hydrogen) atoms. The van der Waals surface area contributed by atoms with E-state index in [0.717, 1.165) is 38.4 Å². The summed E-state index contributed by atoms with van der Waals surface area (Å²) in [6, 6.07) is 10.8. The minimum atomic E-state index is 0.994. The summed E-state index contributed by atoms with van der Waals surface area (Å²) in [7, 11) is 2.19. The van der Waals surface area contributed by atoms with E-state index in [1.807, 2.05) is 6.20 Å². The van der Waals surface area contributed by atoms with Gasteiger partial charge in [0.1, 0.15) is 0 Å². The van der Waals surface area contributed by atoms with Crippen molar-refractivity contribution in [3.63, 3.8) is 0 Å². The van der Waals surface area contributed by atoms with Crippen molar-refractivity contribution >= 4 is 10.9 Å². The Hall–Kier alpha value is -2.17. The third-order valence-corrected chi connectivity index (χ3v) is 5.03. The molecule has 1 N–H and O–H groups in total. The topological polar surface area (TPSA) is 35.2 Å². The molecule has 0 atom stereocenters. The Bertz CT molecular complexity index is 826. The maximum Gasteiger partial charge on any atom is 0.0723 e. The van der Waals surface area contributed by atoms with Gasteiger partial charge < -0.3 is 9.88 Å². The standard InChI is InChI=1S/C20H24N4/c1-15-4-3-5-17-18(13-22-20(15)17)19-7-6-16(12-21-19)14-24-10-8-23(2)9-11-24/h3-7,12-13,22H,8-11,14H2,1-2H3. The van der Waals surface area contributed by atoms with Crippen molar-refractivity contribution in [2.75, 3.05) is 33.2 Å². The number of likely N-dealkylation sites (N-methyl/N-ethyl adjacent to an activating group) is 1. The second-order valence-corrected chi connectivity index (χ2v) is 6.83. The summed E-state index contributed by atoms with van der Waals surface area (Å²) in [6.45, 7) is 7.71. The van der Waals surface area contributed by atoms with Crippen LogP contribution in [0.3, 0.4) is 0 Å². The first-order chi connectivity index (χ1) is 11.7. The second kappa shape index (κ2) is 6.38. The van der Waals surface area contributed by atoms with Gasteiger partial charge in [-0.05, 0) is 31.2 Å². The van der Waals surface area contributed by atoms with Crippen LogP contribution in [0.4, 0.5) is 0 Å². The molecule has 4 rings (SSSR count). The average molecular weight is 320 g/mol. The van der Waals surface area contributed by atoms with Crippen LogP contribution in [-0.4, -0.2) is 53.0 Å². The Morgan fingerprint density at radius 3 is 2.67 bits per heavy atom. The van der Waals surface area contributed by atoms with Gasteiger partial charge in [0.15, 0.2) is 0 Å². The maximum absolute atomic E-state index is 4.72. The van der Waals surface area contributed by atoms with Crippen molar-refractivity contribution in [2.24, 2.45) is 0 Å². The number of benzene rings is 1.